The quantitative estimate of drug-likeness (QED) is 0.905. The van der Waals surface area contributed by atoms with Crippen molar-refractivity contribution in [3.63, 3.8) is 0 Å². The molecule has 100 valence electrons. The number of amides is 1. The summed E-state index contributed by atoms with van der Waals surface area (Å²) in [7, 11) is 0. The monoisotopic (exact) mass is 292 g/mol. The van der Waals surface area contributed by atoms with Crippen LogP contribution in [0.25, 0.3) is 0 Å². The summed E-state index contributed by atoms with van der Waals surface area (Å²) in [5.74, 6) is -0.0216. The Morgan fingerprint density at radius 3 is 2.84 bits per heavy atom. The summed E-state index contributed by atoms with van der Waals surface area (Å²) in [4.78, 5) is 18.5. The summed E-state index contributed by atoms with van der Waals surface area (Å²) >= 11 is 3.10. The highest BCUT2D eigenvalue weighted by Gasteiger charge is 2.16. The Morgan fingerprint density at radius 1 is 1.21 bits per heavy atom. The number of fused-ring (bicyclic) bond motifs is 1. The number of anilines is 1. The molecule has 1 aliphatic rings. The molecule has 1 N–H and O–H groups in total. The van der Waals surface area contributed by atoms with Crippen molar-refractivity contribution in [1.29, 1.82) is 0 Å². The molecule has 3 nitrogen and oxygen atoms in total. The van der Waals surface area contributed by atoms with E-state index in [2.05, 4.69) is 16.4 Å². The maximum Gasteiger partial charge on any atom is 0.267 e. The first kappa shape index (κ1) is 12.8. The van der Waals surface area contributed by atoms with Gasteiger partial charge in [-0.2, -0.15) is 0 Å². The van der Waals surface area contributed by atoms with E-state index >= 15 is 0 Å². The fourth-order valence-electron chi connectivity index (χ4n) is 2.40. The summed E-state index contributed by atoms with van der Waals surface area (Å²) < 4.78 is 0. The molecule has 1 aliphatic carbocycles. The molecule has 5 heteroatoms. The van der Waals surface area contributed by atoms with Crippen molar-refractivity contribution in [2.24, 2.45) is 0 Å². The molecule has 1 amide bonds. The van der Waals surface area contributed by atoms with Gasteiger partial charge in [0.15, 0.2) is 5.13 Å². The standard InChI is InChI=1S/C14H16N2OS2/c17-13(16-14-15-7-8-18-14)12-9-10-5-3-1-2-4-6-11(10)19-12/h7-9H,1-6H2,(H,15,16,17). The van der Waals surface area contributed by atoms with E-state index in [9.17, 15) is 4.79 Å². The third-order valence-electron chi connectivity index (χ3n) is 3.37. The first-order valence-corrected chi connectivity index (χ1v) is 8.35. The SMILES string of the molecule is O=C(Nc1nccs1)c1cc2c(s1)CCCCCC2. The third-order valence-corrected chi connectivity index (χ3v) is 5.30. The molecule has 0 spiro atoms. The molecule has 0 radical (unpaired) electrons. The zero-order valence-corrected chi connectivity index (χ0v) is 12.3. The first-order valence-electron chi connectivity index (χ1n) is 6.65. The lowest BCUT2D eigenvalue weighted by atomic mass is 10.00. The number of nitrogens with one attached hydrogen (secondary N) is 1. The molecule has 0 fully saturated rings. The van der Waals surface area contributed by atoms with Crippen molar-refractivity contribution in [3.05, 3.63) is 33.0 Å². The average Bonchev–Trinajstić information content (AvgIpc) is 2.99. The number of aromatic nitrogens is 1. The second-order valence-corrected chi connectivity index (χ2v) is 6.80. The van der Waals surface area contributed by atoms with Crippen LogP contribution in [0.3, 0.4) is 0 Å². The van der Waals surface area contributed by atoms with Crippen LogP contribution in [0.1, 0.15) is 45.8 Å². The summed E-state index contributed by atoms with van der Waals surface area (Å²) in [6.07, 6.45) is 9.08. The van der Waals surface area contributed by atoms with Crippen molar-refractivity contribution >= 4 is 33.7 Å². The highest BCUT2D eigenvalue weighted by atomic mass is 32.1. The maximum absolute atomic E-state index is 12.2. The van der Waals surface area contributed by atoms with Crippen molar-refractivity contribution in [2.45, 2.75) is 38.5 Å². The largest absolute Gasteiger partial charge is 0.297 e. The van der Waals surface area contributed by atoms with Crippen LogP contribution in [0.2, 0.25) is 0 Å². The van der Waals surface area contributed by atoms with E-state index in [4.69, 9.17) is 0 Å². The summed E-state index contributed by atoms with van der Waals surface area (Å²) in [5, 5.41) is 5.39. The van der Waals surface area contributed by atoms with Gasteiger partial charge in [-0.05, 0) is 37.3 Å². The van der Waals surface area contributed by atoms with Gasteiger partial charge in [0.2, 0.25) is 0 Å². The topological polar surface area (TPSA) is 42.0 Å². The smallest absolute Gasteiger partial charge is 0.267 e. The van der Waals surface area contributed by atoms with Crippen molar-refractivity contribution in [3.8, 4) is 0 Å². The van der Waals surface area contributed by atoms with Gasteiger partial charge in [0.05, 0.1) is 4.88 Å². The Bertz CT molecular complexity index is 535. The van der Waals surface area contributed by atoms with E-state index in [1.807, 2.05) is 5.38 Å². The van der Waals surface area contributed by atoms with Crippen LogP contribution in [-0.4, -0.2) is 10.9 Å². The molecule has 0 saturated carbocycles. The van der Waals surface area contributed by atoms with Crippen LogP contribution in [0.15, 0.2) is 17.6 Å². The zero-order chi connectivity index (χ0) is 13.1. The number of thiophene rings is 1. The third kappa shape index (κ3) is 3.04. The number of nitrogens with zero attached hydrogens (tertiary/aromatic N) is 1. The van der Waals surface area contributed by atoms with Gasteiger partial charge in [0, 0.05) is 16.5 Å². The highest BCUT2D eigenvalue weighted by Crippen LogP contribution is 2.29. The normalized spacial score (nSPS) is 15.4. The van der Waals surface area contributed by atoms with E-state index in [0.29, 0.717) is 5.13 Å². The van der Waals surface area contributed by atoms with Crippen LogP contribution in [-0.2, 0) is 12.8 Å². The lowest BCUT2D eigenvalue weighted by Gasteiger charge is -2.07. The van der Waals surface area contributed by atoms with Crippen molar-refractivity contribution in [1.82, 2.24) is 4.98 Å². The zero-order valence-electron chi connectivity index (χ0n) is 10.6. The molecule has 0 bridgehead atoms. The van der Waals surface area contributed by atoms with Gasteiger partial charge < -0.3 is 0 Å². The summed E-state index contributed by atoms with van der Waals surface area (Å²) in [5.41, 5.74) is 1.38. The number of carbonyl (C=O) groups excluding carboxylic acids is 1. The molecule has 2 heterocycles. The fraction of sp³-hybridized carbons (Fsp3) is 0.429. The Morgan fingerprint density at radius 2 is 2.05 bits per heavy atom. The van der Waals surface area contributed by atoms with Crippen LogP contribution >= 0.6 is 22.7 Å². The minimum Gasteiger partial charge on any atom is -0.297 e. The van der Waals surface area contributed by atoms with Crippen LogP contribution < -0.4 is 5.32 Å². The van der Waals surface area contributed by atoms with E-state index in [-0.39, 0.29) is 5.91 Å². The first-order chi connectivity index (χ1) is 9.33. The number of carbonyl (C=O) groups is 1. The second kappa shape index (κ2) is 5.84. The lowest BCUT2D eigenvalue weighted by molar-refractivity contribution is 0.103. The molecular weight excluding hydrogens is 276 g/mol. The Kier molecular flexibility index (Phi) is 3.94. The molecule has 0 unspecified atom stereocenters. The van der Waals surface area contributed by atoms with E-state index in [1.54, 1.807) is 17.5 Å². The molecule has 19 heavy (non-hydrogen) atoms. The number of rotatable bonds is 2. The number of hydrogen-bond donors (Lipinski definition) is 1. The van der Waals surface area contributed by atoms with Gasteiger partial charge in [-0.1, -0.05) is 12.8 Å². The van der Waals surface area contributed by atoms with E-state index in [0.717, 1.165) is 17.7 Å². The fourth-order valence-corrected chi connectivity index (χ4v) is 4.07. The molecule has 2 aromatic heterocycles. The maximum atomic E-state index is 12.2. The van der Waals surface area contributed by atoms with Gasteiger partial charge in [-0.3, -0.25) is 10.1 Å². The highest BCUT2D eigenvalue weighted by molar-refractivity contribution is 7.15. The van der Waals surface area contributed by atoms with Gasteiger partial charge in [-0.15, -0.1) is 22.7 Å². The predicted molar refractivity (Wildman–Crippen MR) is 80.3 cm³/mol. The lowest BCUT2D eigenvalue weighted by Crippen LogP contribution is -2.09. The van der Waals surface area contributed by atoms with Gasteiger partial charge in [0.1, 0.15) is 0 Å². The Labute approximate surface area is 120 Å². The van der Waals surface area contributed by atoms with Gasteiger partial charge >= 0.3 is 0 Å². The minimum absolute atomic E-state index is 0.0216. The van der Waals surface area contributed by atoms with Crippen LogP contribution in [0.5, 0.6) is 0 Å². The molecule has 0 saturated heterocycles. The molecular formula is C14H16N2OS2. The van der Waals surface area contributed by atoms with E-state index in [1.165, 1.54) is 47.5 Å². The van der Waals surface area contributed by atoms with Crippen molar-refractivity contribution < 1.29 is 4.79 Å². The Hall–Kier alpha value is -1.20. The number of aryl methyl sites for hydroxylation is 2. The summed E-state index contributed by atoms with van der Waals surface area (Å²) in [6, 6.07) is 2.08. The average molecular weight is 292 g/mol. The van der Waals surface area contributed by atoms with Gasteiger partial charge in [-0.25, -0.2) is 4.98 Å². The molecule has 0 aromatic carbocycles. The molecule has 2 aromatic rings. The predicted octanol–water partition coefficient (Wildman–Crippen LogP) is 4.12. The van der Waals surface area contributed by atoms with Crippen LogP contribution in [0.4, 0.5) is 5.13 Å². The summed E-state index contributed by atoms with van der Waals surface area (Å²) in [6.45, 7) is 0. The van der Waals surface area contributed by atoms with Gasteiger partial charge in [0.25, 0.3) is 5.91 Å². The molecule has 0 aliphatic heterocycles. The number of thiazole rings is 1. The minimum atomic E-state index is -0.0216. The Balaban J connectivity index is 1.77. The van der Waals surface area contributed by atoms with E-state index < -0.39 is 0 Å². The van der Waals surface area contributed by atoms with Crippen LogP contribution in [0, 0.1) is 0 Å². The molecule has 0 atom stereocenters. The second-order valence-electron chi connectivity index (χ2n) is 4.76. The molecule has 3 rings (SSSR count). The number of hydrogen-bond acceptors (Lipinski definition) is 4. The van der Waals surface area contributed by atoms with Crippen molar-refractivity contribution in [2.75, 3.05) is 5.32 Å².